The SMILES string of the molecule is COCC[NH+](CCOC)Cc1c([O-])ccc2c1O/C(=C\c1ccc(OC)cc1)C2=O. The minimum Gasteiger partial charge on any atom is -0.872 e. The summed E-state index contributed by atoms with van der Waals surface area (Å²) in [6.07, 6.45) is 1.68. The zero-order chi connectivity index (χ0) is 21.5. The van der Waals surface area contributed by atoms with Crippen molar-refractivity contribution >= 4 is 11.9 Å². The van der Waals surface area contributed by atoms with Crippen molar-refractivity contribution in [1.82, 2.24) is 0 Å². The summed E-state index contributed by atoms with van der Waals surface area (Å²) in [6.45, 7) is 2.98. The number of nitrogens with one attached hydrogen (secondary N) is 1. The molecule has 2 aromatic carbocycles. The molecule has 0 unspecified atom stereocenters. The maximum Gasteiger partial charge on any atom is 0.231 e. The molecule has 3 rings (SSSR count). The van der Waals surface area contributed by atoms with Crippen LogP contribution in [0.15, 0.2) is 42.2 Å². The number of hydrogen-bond acceptors (Lipinski definition) is 6. The number of fused-ring (bicyclic) bond motifs is 1. The maximum atomic E-state index is 12.9. The molecule has 30 heavy (non-hydrogen) atoms. The molecule has 160 valence electrons. The Labute approximate surface area is 176 Å². The molecule has 1 heterocycles. The number of quaternary nitrogens is 1. The molecule has 2 aromatic rings. The van der Waals surface area contributed by atoms with Crippen LogP contribution in [-0.2, 0) is 16.0 Å². The second-order valence-electron chi connectivity index (χ2n) is 7.04. The molecule has 7 nitrogen and oxygen atoms in total. The van der Waals surface area contributed by atoms with Gasteiger partial charge >= 0.3 is 0 Å². The number of rotatable bonds is 10. The van der Waals surface area contributed by atoms with E-state index in [-0.39, 0.29) is 17.3 Å². The summed E-state index contributed by atoms with van der Waals surface area (Å²) >= 11 is 0. The van der Waals surface area contributed by atoms with E-state index in [1.54, 1.807) is 33.5 Å². The minimum absolute atomic E-state index is 0.139. The Hall–Kier alpha value is -2.87. The third-order valence-electron chi connectivity index (χ3n) is 5.06. The highest BCUT2D eigenvalue weighted by molar-refractivity contribution is 6.14. The number of hydrogen-bond donors (Lipinski definition) is 1. The Balaban J connectivity index is 1.86. The monoisotopic (exact) mass is 413 g/mol. The minimum atomic E-state index is -0.225. The molecule has 1 aliphatic rings. The Morgan fingerprint density at radius 2 is 1.67 bits per heavy atom. The third-order valence-corrected chi connectivity index (χ3v) is 5.06. The summed E-state index contributed by atoms with van der Waals surface area (Å²) in [5.41, 5.74) is 1.73. The van der Waals surface area contributed by atoms with Crippen molar-refractivity contribution in [1.29, 1.82) is 0 Å². The van der Waals surface area contributed by atoms with Gasteiger partial charge in [0.2, 0.25) is 5.78 Å². The highest BCUT2D eigenvalue weighted by Crippen LogP contribution is 2.38. The van der Waals surface area contributed by atoms with Gasteiger partial charge in [-0.15, -0.1) is 0 Å². The van der Waals surface area contributed by atoms with E-state index in [0.29, 0.717) is 49.7 Å². The van der Waals surface area contributed by atoms with E-state index in [9.17, 15) is 9.90 Å². The summed E-state index contributed by atoms with van der Waals surface area (Å²) < 4.78 is 21.4. The number of methoxy groups -OCH3 is 3. The van der Waals surface area contributed by atoms with Crippen molar-refractivity contribution in [2.24, 2.45) is 0 Å². The predicted octanol–water partition coefficient (Wildman–Crippen LogP) is 1.06. The molecule has 1 N–H and O–H groups in total. The fraction of sp³-hybridized carbons (Fsp3) is 0.348. The molecule has 0 aromatic heterocycles. The number of benzene rings is 2. The van der Waals surface area contributed by atoms with E-state index in [1.807, 2.05) is 24.3 Å². The quantitative estimate of drug-likeness (QED) is 0.587. The first-order chi connectivity index (χ1) is 14.6. The van der Waals surface area contributed by atoms with E-state index in [0.717, 1.165) is 16.2 Å². The third kappa shape index (κ3) is 4.99. The lowest BCUT2D eigenvalue weighted by atomic mass is 10.0. The zero-order valence-corrected chi connectivity index (χ0v) is 17.5. The second kappa shape index (κ2) is 10.2. The van der Waals surface area contributed by atoms with Crippen LogP contribution in [0, 0.1) is 0 Å². The maximum absolute atomic E-state index is 12.9. The topological polar surface area (TPSA) is 81.5 Å². The number of carbonyl (C=O) groups is 1. The highest BCUT2D eigenvalue weighted by Gasteiger charge is 2.31. The average molecular weight is 413 g/mol. The van der Waals surface area contributed by atoms with Gasteiger partial charge in [-0.1, -0.05) is 23.9 Å². The number of ketones is 1. The lowest BCUT2D eigenvalue weighted by Gasteiger charge is -2.23. The molecular weight excluding hydrogens is 386 g/mol. The van der Waals surface area contributed by atoms with Crippen molar-refractivity contribution in [2.45, 2.75) is 6.54 Å². The van der Waals surface area contributed by atoms with Crippen molar-refractivity contribution in [3.05, 3.63) is 58.8 Å². The van der Waals surface area contributed by atoms with Gasteiger partial charge in [-0.05, 0) is 29.8 Å². The van der Waals surface area contributed by atoms with Gasteiger partial charge in [0.25, 0.3) is 0 Å². The number of allylic oxidation sites excluding steroid dienone is 1. The van der Waals surface area contributed by atoms with Crippen LogP contribution >= 0.6 is 0 Å². The first-order valence-corrected chi connectivity index (χ1v) is 9.80. The molecule has 7 heteroatoms. The number of ether oxygens (including phenoxy) is 4. The van der Waals surface area contributed by atoms with Gasteiger partial charge in [0.05, 0.1) is 25.9 Å². The van der Waals surface area contributed by atoms with Crippen LogP contribution in [0.25, 0.3) is 6.08 Å². The van der Waals surface area contributed by atoms with Gasteiger partial charge in [-0.25, -0.2) is 0 Å². The lowest BCUT2D eigenvalue weighted by molar-refractivity contribution is -0.914. The van der Waals surface area contributed by atoms with Gasteiger partial charge in [0.15, 0.2) is 5.76 Å². The van der Waals surface area contributed by atoms with Crippen molar-refractivity contribution in [3.63, 3.8) is 0 Å². The smallest absolute Gasteiger partial charge is 0.231 e. The molecular formula is C23H27NO6. The molecule has 0 saturated carbocycles. The standard InChI is InChI=1S/C23H27NO6/c1-27-12-10-24(11-13-28-2)15-19-20(25)9-8-18-22(26)21(30-23(18)19)14-16-4-6-17(29-3)7-5-16/h4-9,14,25H,10-13,15H2,1-3H3/b21-14-. The molecule has 0 bridgehead atoms. The summed E-state index contributed by atoms with van der Waals surface area (Å²) in [6, 6.07) is 10.3. The Bertz CT molecular complexity index is 899. The number of carbonyl (C=O) groups excluding carboxylic acids is 1. The van der Waals surface area contributed by atoms with Crippen LogP contribution < -0.4 is 19.5 Å². The van der Waals surface area contributed by atoms with Crippen LogP contribution in [0.1, 0.15) is 21.5 Å². The lowest BCUT2D eigenvalue weighted by Crippen LogP contribution is -3.11. The van der Waals surface area contributed by atoms with E-state index in [2.05, 4.69) is 0 Å². The van der Waals surface area contributed by atoms with E-state index < -0.39 is 0 Å². The Morgan fingerprint density at radius 3 is 2.27 bits per heavy atom. The summed E-state index contributed by atoms with van der Waals surface area (Å²) in [7, 11) is 4.89. The van der Waals surface area contributed by atoms with Crippen LogP contribution in [0.2, 0.25) is 0 Å². The Morgan fingerprint density at radius 1 is 1.00 bits per heavy atom. The predicted molar refractivity (Wildman–Crippen MR) is 110 cm³/mol. The molecule has 0 aliphatic carbocycles. The van der Waals surface area contributed by atoms with E-state index in [1.165, 1.54) is 6.07 Å². The Kier molecular flexibility index (Phi) is 7.46. The molecule has 0 spiro atoms. The first-order valence-electron chi connectivity index (χ1n) is 9.80. The van der Waals surface area contributed by atoms with E-state index >= 15 is 0 Å². The zero-order valence-electron chi connectivity index (χ0n) is 17.5. The second-order valence-corrected chi connectivity index (χ2v) is 7.04. The summed E-state index contributed by atoms with van der Waals surface area (Å²) in [4.78, 5) is 14.0. The summed E-state index contributed by atoms with van der Waals surface area (Å²) in [5, 5.41) is 12.6. The van der Waals surface area contributed by atoms with Crippen LogP contribution in [0.4, 0.5) is 0 Å². The molecule has 0 saturated heterocycles. The molecule has 0 fully saturated rings. The molecule has 1 aliphatic heterocycles. The number of Topliss-reactive ketones (excluding diaryl/α,β-unsaturated/α-hetero) is 1. The largest absolute Gasteiger partial charge is 0.872 e. The molecule has 0 radical (unpaired) electrons. The van der Waals surface area contributed by atoms with Gasteiger partial charge in [-0.2, -0.15) is 0 Å². The summed E-state index contributed by atoms with van der Waals surface area (Å²) in [5.74, 6) is 0.932. The van der Waals surface area contributed by atoms with Crippen LogP contribution in [0.3, 0.4) is 0 Å². The van der Waals surface area contributed by atoms with Crippen molar-refractivity contribution in [3.8, 4) is 17.2 Å². The first kappa shape index (κ1) is 21.8. The average Bonchev–Trinajstić information content (AvgIpc) is 3.07. The van der Waals surface area contributed by atoms with Crippen LogP contribution in [-0.4, -0.2) is 53.4 Å². The fourth-order valence-electron chi connectivity index (χ4n) is 3.35. The van der Waals surface area contributed by atoms with Crippen LogP contribution in [0.5, 0.6) is 17.2 Å². The molecule has 0 amide bonds. The van der Waals surface area contributed by atoms with Gasteiger partial charge in [-0.3, -0.25) is 4.79 Å². The fourth-order valence-corrected chi connectivity index (χ4v) is 3.35. The van der Waals surface area contributed by atoms with Crippen molar-refractivity contribution in [2.75, 3.05) is 47.6 Å². The normalized spacial score (nSPS) is 14.3. The van der Waals surface area contributed by atoms with Gasteiger partial charge in [0, 0.05) is 19.8 Å². The van der Waals surface area contributed by atoms with E-state index in [4.69, 9.17) is 18.9 Å². The van der Waals surface area contributed by atoms with Gasteiger partial charge < -0.3 is 29.0 Å². The highest BCUT2D eigenvalue weighted by atomic mass is 16.5. The van der Waals surface area contributed by atoms with Gasteiger partial charge in [0.1, 0.15) is 31.1 Å². The molecule has 0 atom stereocenters. The van der Waals surface area contributed by atoms with Crippen molar-refractivity contribution < 1.29 is 33.7 Å².